The predicted octanol–water partition coefficient (Wildman–Crippen LogP) is 2.38. The largest absolute Gasteiger partial charge is 0.361 e. The van der Waals surface area contributed by atoms with E-state index in [1.807, 2.05) is 0 Å². The highest BCUT2D eigenvalue weighted by Gasteiger charge is 2.22. The summed E-state index contributed by atoms with van der Waals surface area (Å²) in [6, 6.07) is 0. The number of nitrogens with two attached hydrogens (primary N) is 1. The second-order valence-corrected chi connectivity index (χ2v) is 4.17. The Labute approximate surface area is 66.6 Å². The van der Waals surface area contributed by atoms with Crippen molar-refractivity contribution in [2.45, 2.75) is 38.4 Å². The summed E-state index contributed by atoms with van der Waals surface area (Å²) in [7, 11) is 0. The Morgan fingerprint density at radius 2 is 1.90 bits per heavy atom. The standard InChI is InChI=1S/C7H15NOS/c1-4-7(3,5-2)10-6(8)9/h4-5H2,1-3H3,(H2,8,9). The SMILES string of the molecule is CCC(C)(CC)SC(N)=O. The Bertz CT molecular complexity index is 121. The summed E-state index contributed by atoms with van der Waals surface area (Å²) in [5.41, 5.74) is 5.05. The fraction of sp³-hybridized carbons (Fsp3) is 0.857. The predicted molar refractivity (Wildman–Crippen MR) is 46.2 cm³/mol. The fourth-order valence-corrected chi connectivity index (χ4v) is 1.41. The van der Waals surface area contributed by atoms with Crippen molar-refractivity contribution >= 4 is 17.0 Å². The number of rotatable bonds is 3. The van der Waals surface area contributed by atoms with E-state index in [2.05, 4.69) is 20.8 Å². The fourth-order valence-electron chi connectivity index (χ4n) is 0.637. The molecule has 0 aliphatic rings. The summed E-state index contributed by atoms with van der Waals surface area (Å²) in [5, 5.41) is -0.272. The van der Waals surface area contributed by atoms with E-state index in [9.17, 15) is 4.79 Å². The lowest BCUT2D eigenvalue weighted by molar-refractivity contribution is 0.267. The van der Waals surface area contributed by atoms with Gasteiger partial charge in [0.2, 0.25) is 0 Å². The number of amides is 1. The quantitative estimate of drug-likeness (QED) is 0.690. The highest BCUT2D eigenvalue weighted by atomic mass is 32.2. The number of carbonyl (C=O) groups is 1. The van der Waals surface area contributed by atoms with Gasteiger partial charge in [-0.15, -0.1) is 0 Å². The molecule has 10 heavy (non-hydrogen) atoms. The average Bonchev–Trinajstić information content (AvgIpc) is 1.87. The molecule has 0 aliphatic heterocycles. The molecular weight excluding hydrogens is 146 g/mol. The molecule has 0 aromatic heterocycles. The molecule has 0 spiro atoms. The van der Waals surface area contributed by atoms with Crippen molar-refractivity contribution in [3.8, 4) is 0 Å². The van der Waals surface area contributed by atoms with Crippen LogP contribution in [-0.4, -0.2) is 9.99 Å². The van der Waals surface area contributed by atoms with Crippen molar-refractivity contribution in [2.75, 3.05) is 0 Å². The molecule has 0 aliphatic carbocycles. The maximum absolute atomic E-state index is 10.5. The molecule has 2 nitrogen and oxygen atoms in total. The summed E-state index contributed by atoms with van der Waals surface area (Å²) in [4.78, 5) is 10.5. The zero-order chi connectivity index (χ0) is 8.20. The van der Waals surface area contributed by atoms with Gasteiger partial charge in [0.15, 0.2) is 0 Å². The van der Waals surface area contributed by atoms with Crippen LogP contribution in [0.5, 0.6) is 0 Å². The third-order valence-electron chi connectivity index (χ3n) is 1.84. The zero-order valence-corrected chi connectivity index (χ0v) is 7.62. The van der Waals surface area contributed by atoms with Gasteiger partial charge in [0, 0.05) is 4.75 Å². The minimum absolute atomic E-state index is 0.0475. The number of carbonyl (C=O) groups excluding carboxylic acids is 1. The van der Waals surface area contributed by atoms with Gasteiger partial charge < -0.3 is 5.73 Å². The Hall–Kier alpha value is -0.180. The molecular formula is C7H15NOS. The average molecular weight is 161 g/mol. The van der Waals surface area contributed by atoms with Gasteiger partial charge in [0.1, 0.15) is 0 Å². The summed E-state index contributed by atoms with van der Waals surface area (Å²) in [6.45, 7) is 6.20. The van der Waals surface area contributed by atoms with E-state index < -0.39 is 0 Å². The minimum Gasteiger partial charge on any atom is -0.361 e. The van der Waals surface area contributed by atoms with E-state index in [0.29, 0.717) is 0 Å². The molecule has 0 heterocycles. The van der Waals surface area contributed by atoms with Gasteiger partial charge >= 0.3 is 0 Å². The first kappa shape index (κ1) is 9.82. The molecule has 60 valence electrons. The van der Waals surface area contributed by atoms with Gasteiger partial charge in [-0.3, -0.25) is 4.79 Å². The molecule has 0 saturated carbocycles. The van der Waals surface area contributed by atoms with Gasteiger partial charge in [0.05, 0.1) is 0 Å². The van der Waals surface area contributed by atoms with Crippen LogP contribution < -0.4 is 5.73 Å². The number of hydrogen-bond donors (Lipinski definition) is 1. The van der Waals surface area contributed by atoms with Crippen LogP contribution in [0.15, 0.2) is 0 Å². The second-order valence-electron chi connectivity index (χ2n) is 2.58. The van der Waals surface area contributed by atoms with E-state index in [0.717, 1.165) is 12.8 Å². The van der Waals surface area contributed by atoms with E-state index in [4.69, 9.17) is 5.73 Å². The normalized spacial score (nSPS) is 11.5. The Morgan fingerprint density at radius 3 is 2.00 bits per heavy atom. The molecule has 0 radical (unpaired) electrons. The van der Waals surface area contributed by atoms with Crippen LogP contribution in [0, 0.1) is 0 Å². The Kier molecular flexibility index (Phi) is 3.79. The monoisotopic (exact) mass is 161 g/mol. The van der Waals surface area contributed by atoms with Gasteiger partial charge in [0.25, 0.3) is 5.24 Å². The second kappa shape index (κ2) is 3.86. The molecule has 0 bridgehead atoms. The van der Waals surface area contributed by atoms with Crippen molar-refractivity contribution in [2.24, 2.45) is 5.73 Å². The summed E-state index contributed by atoms with van der Waals surface area (Å²) >= 11 is 1.24. The van der Waals surface area contributed by atoms with E-state index in [1.54, 1.807) is 0 Å². The number of hydrogen-bond acceptors (Lipinski definition) is 2. The Morgan fingerprint density at radius 1 is 1.50 bits per heavy atom. The molecule has 1 amide bonds. The third-order valence-corrected chi connectivity index (χ3v) is 3.11. The van der Waals surface area contributed by atoms with E-state index in [1.165, 1.54) is 11.8 Å². The van der Waals surface area contributed by atoms with Crippen molar-refractivity contribution in [3.63, 3.8) is 0 Å². The Balaban J connectivity index is 3.92. The lowest BCUT2D eigenvalue weighted by Gasteiger charge is -2.23. The van der Waals surface area contributed by atoms with Crippen molar-refractivity contribution in [1.82, 2.24) is 0 Å². The molecule has 0 fully saturated rings. The van der Waals surface area contributed by atoms with Gasteiger partial charge in [-0.05, 0) is 19.8 Å². The highest BCUT2D eigenvalue weighted by molar-refractivity contribution is 8.14. The maximum atomic E-state index is 10.5. The smallest absolute Gasteiger partial charge is 0.277 e. The van der Waals surface area contributed by atoms with E-state index in [-0.39, 0.29) is 9.99 Å². The van der Waals surface area contributed by atoms with Crippen LogP contribution >= 0.6 is 11.8 Å². The molecule has 0 rings (SSSR count). The van der Waals surface area contributed by atoms with Gasteiger partial charge in [-0.1, -0.05) is 25.6 Å². The van der Waals surface area contributed by atoms with Crippen molar-refractivity contribution in [3.05, 3.63) is 0 Å². The maximum Gasteiger partial charge on any atom is 0.277 e. The molecule has 0 aromatic carbocycles. The van der Waals surface area contributed by atoms with Crippen molar-refractivity contribution < 1.29 is 4.79 Å². The van der Waals surface area contributed by atoms with Crippen LogP contribution in [0.25, 0.3) is 0 Å². The van der Waals surface area contributed by atoms with E-state index >= 15 is 0 Å². The third kappa shape index (κ3) is 3.11. The lowest BCUT2D eigenvalue weighted by atomic mass is 10.1. The molecule has 3 heteroatoms. The highest BCUT2D eigenvalue weighted by Crippen LogP contribution is 2.31. The lowest BCUT2D eigenvalue weighted by Crippen LogP contribution is -2.22. The first-order valence-corrected chi connectivity index (χ1v) is 4.34. The molecule has 0 atom stereocenters. The molecule has 0 unspecified atom stereocenters. The first-order valence-electron chi connectivity index (χ1n) is 3.52. The molecule has 0 aromatic rings. The van der Waals surface area contributed by atoms with Crippen LogP contribution in [0.2, 0.25) is 0 Å². The number of thioether (sulfide) groups is 1. The minimum atomic E-state index is -0.272. The molecule has 0 saturated heterocycles. The van der Waals surface area contributed by atoms with Crippen LogP contribution in [-0.2, 0) is 0 Å². The summed E-state index contributed by atoms with van der Waals surface area (Å²) in [6.07, 6.45) is 1.97. The summed E-state index contributed by atoms with van der Waals surface area (Å²) < 4.78 is 0.0475. The van der Waals surface area contributed by atoms with Gasteiger partial charge in [-0.25, -0.2) is 0 Å². The molecule has 2 N–H and O–H groups in total. The summed E-state index contributed by atoms with van der Waals surface area (Å²) in [5.74, 6) is 0. The van der Waals surface area contributed by atoms with Crippen LogP contribution in [0.3, 0.4) is 0 Å². The zero-order valence-electron chi connectivity index (χ0n) is 6.81. The first-order chi connectivity index (χ1) is 4.54. The topological polar surface area (TPSA) is 43.1 Å². The van der Waals surface area contributed by atoms with Crippen molar-refractivity contribution in [1.29, 1.82) is 0 Å². The number of primary amides is 1. The van der Waals surface area contributed by atoms with Crippen LogP contribution in [0.4, 0.5) is 4.79 Å². The van der Waals surface area contributed by atoms with Crippen LogP contribution in [0.1, 0.15) is 33.6 Å². The van der Waals surface area contributed by atoms with Gasteiger partial charge in [-0.2, -0.15) is 0 Å².